The van der Waals surface area contributed by atoms with Gasteiger partial charge in [0.2, 0.25) is 0 Å². The Balaban J connectivity index is 1.89. The highest BCUT2D eigenvalue weighted by atomic mass is 16.3. The van der Waals surface area contributed by atoms with Gasteiger partial charge in [-0.15, -0.1) is 0 Å². The first-order chi connectivity index (χ1) is 11.6. The predicted molar refractivity (Wildman–Crippen MR) is 96.1 cm³/mol. The van der Waals surface area contributed by atoms with Crippen LogP contribution in [0, 0.1) is 0 Å². The summed E-state index contributed by atoms with van der Waals surface area (Å²) < 4.78 is 0. The number of nitrogens with one attached hydrogen (secondary N) is 1. The van der Waals surface area contributed by atoms with Gasteiger partial charge in [0.1, 0.15) is 5.75 Å². The molecule has 0 saturated carbocycles. The Morgan fingerprint density at radius 2 is 1.75 bits per heavy atom. The van der Waals surface area contributed by atoms with E-state index >= 15 is 0 Å². The molecule has 3 rings (SSSR count). The molecule has 0 spiro atoms. The minimum absolute atomic E-state index is 0.0773. The van der Waals surface area contributed by atoms with Crippen molar-refractivity contribution in [3.8, 4) is 5.75 Å². The van der Waals surface area contributed by atoms with E-state index in [1.807, 2.05) is 30.3 Å². The molecule has 120 valence electrons. The number of nitrogens with two attached hydrogens (primary N) is 1. The number of anilines is 1. The number of nitrogens with zero attached hydrogens (tertiary/aromatic N) is 1. The standard InChI is InChI=1S/C19H17N3O2/c1-12(13-6-9-15(20)10-7-13)21-22-19(24)18-16-5-3-2-4-14(16)8-11-17(18)23/h2-11,23H,20H2,1H3,(H,22,24). The quantitative estimate of drug-likeness (QED) is 0.393. The van der Waals surface area contributed by atoms with E-state index in [2.05, 4.69) is 10.5 Å². The summed E-state index contributed by atoms with van der Waals surface area (Å²) in [6.45, 7) is 1.79. The Morgan fingerprint density at radius 3 is 2.50 bits per heavy atom. The van der Waals surface area contributed by atoms with Crippen LogP contribution >= 0.6 is 0 Å². The Morgan fingerprint density at radius 1 is 1.04 bits per heavy atom. The molecule has 0 heterocycles. The average molecular weight is 319 g/mol. The largest absolute Gasteiger partial charge is 0.507 e. The van der Waals surface area contributed by atoms with Crippen molar-refractivity contribution in [1.29, 1.82) is 0 Å². The SMILES string of the molecule is CC(=NNC(=O)c1c(O)ccc2ccccc12)c1ccc(N)cc1. The fraction of sp³-hybridized carbons (Fsp3) is 0.0526. The van der Waals surface area contributed by atoms with Gasteiger partial charge in [-0.2, -0.15) is 5.10 Å². The van der Waals surface area contributed by atoms with Gasteiger partial charge in [-0.1, -0.05) is 42.5 Å². The molecule has 0 saturated heterocycles. The van der Waals surface area contributed by atoms with Crippen LogP contribution in [0.1, 0.15) is 22.8 Å². The van der Waals surface area contributed by atoms with Gasteiger partial charge in [0.15, 0.2) is 0 Å². The molecule has 0 aliphatic heterocycles. The highest BCUT2D eigenvalue weighted by Gasteiger charge is 2.14. The minimum atomic E-state index is -0.459. The Kier molecular flexibility index (Phi) is 4.16. The van der Waals surface area contributed by atoms with E-state index in [0.29, 0.717) is 16.8 Å². The number of phenols is 1. The van der Waals surface area contributed by atoms with Crippen molar-refractivity contribution in [2.24, 2.45) is 5.10 Å². The molecule has 5 nitrogen and oxygen atoms in total. The smallest absolute Gasteiger partial charge is 0.275 e. The third kappa shape index (κ3) is 3.05. The number of fused-ring (bicyclic) bond motifs is 1. The number of phenolic OH excluding ortho intramolecular Hbond substituents is 1. The summed E-state index contributed by atoms with van der Waals surface area (Å²) in [6.07, 6.45) is 0. The maximum absolute atomic E-state index is 12.5. The van der Waals surface area contributed by atoms with Gasteiger partial charge in [0.05, 0.1) is 11.3 Å². The average Bonchev–Trinajstić information content (AvgIpc) is 2.60. The monoisotopic (exact) mass is 319 g/mol. The number of hydrogen-bond acceptors (Lipinski definition) is 4. The Labute approximate surface area is 139 Å². The predicted octanol–water partition coefficient (Wildman–Crippen LogP) is 3.28. The van der Waals surface area contributed by atoms with Gasteiger partial charge in [0, 0.05) is 5.69 Å². The van der Waals surface area contributed by atoms with Crippen LogP contribution in [0.2, 0.25) is 0 Å². The molecule has 0 aliphatic rings. The van der Waals surface area contributed by atoms with Crippen molar-refractivity contribution in [2.45, 2.75) is 6.92 Å². The van der Waals surface area contributed by atoms with Gasteiger partial charge >= 0.3 is 0 Å². The number of rotatable bonds is 3. The van der Waals surface area contributed by atoms with E-state index in [0.717, 1.165) is 10.9 Å². The number of amides is 1. The van der Waals surface area contributed by atoms with Crippen LogP contribution in [0.4, 0.5) is 5.69 Å². The highest BCUT2D eigenvalue weighted by Crippen LogP contribution is 2.26. The second-order valence-electron chi connectivity index (χ2n) is 5.44. The zero-order valence-electron chi connectivity index (χ0n) is 13.2. The Bertz CT molecular complexity index is 931. The molecule has 3 aromatic carbocycles. The van der Waals surface area contributed by atoms with Crippen molar-refractivity contribution < 1.29 is 9.90 Å². The summed E-state index contributed by atoms with van der Waals surface area (Å²) >= 11 is 0. The van der Waals surface area contributed by atoms with Crippen LogP contribution in [0.3, 0.4) is 0 Å². The topological polar surface area (TPSA) is 87.7 Å². The lowest BCUT2D eigenvalue weighted by molar-refractivity contribution is 0.0954. The molecule has 4 N–H and O–H groups in total. The summed E-state index contributed by atoms with van der Waals surface area (Å²) in [5.41, 5.74) is 10.5. The molecule has 5 heteroatoms. The van der Waals surface area contributed by atoms with E-state index in [-0.39, 0.29) is 11.3 Å². The summed E-state index contributed by atoms with van der Waals surface area (Å²) in [4.78, 5) is 12.5. The van der Waals surface area contributed by atoms with Crippen LogP contribution in [-0.2, 0) is 0 Å². The lowest BCUT2D eigenvalue weighted by Gasteiger charge is -2.08. The summed E-state index contributed by atoms with van der Waals surface area (Å²) in [6, 6.07) is 17.9. The maximum Gasteiger partial charge on any atom is 0.275 e. The first kappa shape index (κ1) is 15.6. The number of hydrogen-bond donors (Lipinski definition) is 3. The van der Waals surface area contributed by atoms with E-state index < -0.39 is 5.91 Å². The van der Waals surface area contributed by atoms with Crippen molar-refractivity contribution in [3.63, 3.8) is 0 Å². The molecule has 0 atom stereocenters. The van der Waals surface area contributed by atoms with E-state index in [1.54, 1.807) is 31.2 Å². The van der Waals surface area contributed by atoms with Crippen LogP contribution in [0.15, 0.2) is 65.8 Å². The van der Waals surface area contributed by atoms with Crippen molar-refractivity contribution in [2.75, 3.05) is 5.73 Å². The third-order valence-electron chi connectivity index (χ3n) is 3.79. The second kappa shape index (κ2) is 6.42. The third-order valence-corrected chi connectivity index (χ3v) is 3.79. The van der Waals surface area contributed by atoms with E-state index in [9.17, 15) is 9.90 Å². The summed E-state index contributed by atoms with van der Waals surface area (Å²) in [5.74, 6) is -0.536. The minimum Gasteiger partial charge on any atom is -0.507 e. The molecular weight excluding hydrogens is 302 g/mol. The summed E-state index contributed by atoms with van der Waals surface area (Å²) in [5, 5.41) is 15.7. The molecule has 0 aromatic heterocycles. The molecule has 0 aliphatic carbocycles. The van der Waals surface area contributed by atoms with Gasteiger partial charge in [-0.05, 0) is 41.5 Å². The number of benzene rings is 3. The van der Waals surface area contributed by atoms with Crippen molar-refractivity contribution >= 4 is 28.1 Å². The fourth-order valence-electron chi connectivity index (χ4n) is 2.48. The van der Waals surface area contributed by atoms with Crippen LogP contribution < -0.4 is 11.2 Å². The number of carbonyl (C=O) groups is 1. The van der Waals surface area contributed by atoms with Crippen molar-refractivity contribution in [1.82, 2.24) is 5.43 Å². The molecule has 0 radical (unpaired) electrons. The molecule has 0 unspecified atom stereocenters. The molecule has 0 bridgehead atoms. The molecule has 1 amide bonds. The number of hydrazone groups is 1. The lowest BCUT2D eigenvalue weighted by Crippen LogP contribution is -2.19. The number of aromatic hydroxyl groups is 1. The molecule has 3 aromatic rings. The number of carbonyl (C=O) groups excluding carboxylic acids is 1. The van der Waals surface area contributed by atoms with Crippen molar-refractivity contribution in [3.05, 3.63) is 71.8 Å². The molecular formula is C19H17N3O2. The Hall–Kier alpha value is -3.34. The van der Waals surface area contributed by atoms with Crippen LogP contribution in [-0.4, -0.2) is 16.7 Å². The maximum atomic E-state index is 12.5. The number of nitrogen functional groups attached to an aromatic ring is 1. The highest BCUT2D eigenvalue weighted by molar-refractivity contribution is 6.10. The zero-order valence-corrected chi connectivity index (χ0v) is 13.2. The van der Waals surface area contributed by atoms with Gasteiger partial charge in [-0.3, -0.25) is 4.79 Å². The van der Waals surface area contributed by atoms with Gasteiger partial charge in [0.25, 0.3) is 5.91 Å². The first-order valence-corrected chi connectivity index (χ1v) is 7.47. The molecule has 0 fully saturated rings. The second-order valence-corrected chi connectivity index (χ2v) is 5.44. The zero-order chi connectivity index (χ0) is 17.1. The first-order valence-electron chi connectivity index (χ1n) is 7.47. The summed E-state index contributed by atoms with van der Waals surface area (Å²) in [7, 11) is 0. The van der Waals surface area contributed by atoms with Crippen LogP contribution in [0.5, 0.6) is 5.75 Å². The van der Waals surface area contributed by atoms with Gasteiger partial charge in [-0.25, -0.2) is 5.43 Å². The molecule has 24 heavy (non-hydrogen) atoms. The van der Waals surface area contributed by atoms with Gasteiger partial charge < -0.3 is 10.8 Å². The van der Waals surface area contributed by atoms with E-state index in [1.165, 1.54) is 6.07 Å². The normalized spacial score (nSPS) is 11.5. The van der Waals surface area contributed by atoms with Crippen LogP contribution in [0.25, 0.3) is 10.8 Å². The fourth-order valence-corrected chi connectivity index (χ4v) is 2.48. The lowest BCUT2D eigenvalue weighted by atomic mass is 10.0. The van der Waals surface area contributed by atoms with E-state index in [4.69, 9.17) is 5.73 Å².